The molecule has 0 saturated carbocycles. The van der Waals surface area contributed by atoms with Gasteiger partial charge in [0, 0.05) is 51.6 Å². The van der Waals surface area contributed by atoms with Gasteiger partial charge in [0.1, 0.15) is 5.82 Å². The molecule has 1 aromatic heterocycles. The van der Waals surface area contributed by atoms with E-state index in [1.807, 2.05) is 19.1 Å². The van der Waals surface area contributed by atoms with Crippen molar-refractivity contribution >= 4 is 17.7 Å². The van der Waals surface area contributed by atoms with E-state index in [1.54, 1.807) is 13.2 Å². The Labute approximate surface area is 155 Å². The van der Waals surface area contributed by atoms with Crippen molar-refractivity contribution in [2.75, 3.05) is 44.8 Å². The number of guanidine groups is 1. The van der Waals surface area contributed by atoms with Crippen molar-refractivity contribution in [3.8, 4) is 0 Å². The maximum atomic E-state index is 11.5. The SMILES string of the molecule is CCOCCNC(=NC)NCc1cccnc1N1CCCC(C(N)=O)C1. The van der Waals surface area contributed by atoms with Crippen molar-refractivity contribution < 1.29 is 9.53 Å². The Kier molecular flexibility index (Phi) is 8.14. The first kappa shape index (κ1) is 20.0. The molecule has 2 heterocycles. The van der Waals surface area contributed by atoms with Crippen LogP contribution in [0.1, 0.15) is 25.3 Å². The number of nitrogens with zero attached hydrogens (tertiary/aromatic N) is 3. The minimum atomic E-state index is -0.232. The maximum Gasteiger partial charge on any atom is 0.222 e. The van der Waals surface area contributed by atoms with E-state index in [4.69, 9.17) is 10.5 Å². The molecule has 1 aliphatic rings. The van der Waals surface area contributed by atoms with Gasteiger partial charge in [-0.15, -0.1) is 0 Å². The van der Waals surface area contributed by atoms with E-state index < -0.39 is 0 Å². The molecule has 0 radical (unpaired) electrons. The summed E-state index contributed by atoms with van der Waals surface area (Å²) in [5, 5.41) is 6.52. The highest BCUT2D eigenvalue weighted by molar-refractivity contribution is 5.80. The lowest BCUT2D eigenvalue weighted by atomic mass is 9.97. The maximum absolute atomic E-state index is 11.5. The first-order chi connectivity index (χ1) is 12.7. The largest absolute Gasteiger partial charge is 0.380 e. The molecular weight excluding hydrogens is 332 g/mol. The summed E-state index contributed by atoms with van der Waals surface area (Å²) in [4.78, 5) is 22.5. The van der Waals surface area contributed by atoms with Crippen molar-refractivity contribution in [3.63, 3.8) is 0 Å². The Bertz CT molecular complexity index is 607. The predicted molar refractivity (Wildman–Crippen MR) is 103 cm³/mol. The number of aliphatic imine (C=N–C) groups is 1. The molecule has 8 nitrogen and oxygen atoms in total. The van der Waals surface area contributed by atoms with Gasteiger partial charge in [-0.05, 0) is 25.8 Å². The van der Waals surface area contributed by atoms with Gasteiger partial charge < -0.3 is 26.0 Å². The zero-order valence-corrected chi connectivity index (χ0v) is 15.7. The van der Waals surface area contributed by atoms with Crippen LogP contribution < -0.4 is 21.3 Å². The van der Waals surface area contributed by atoms with Crippen LogP contribution in [0, 0.1) is 5.92 Å². The van der Waals surface area contributed by atoms with Gasteiger partial charge in [-0.25, -0.2) is 4.98 Å². The van der Waals surface area contributed by atoms with Gasteiger partial charge in [-0.1, -0.05) is 6.07 Å². The second-order valence-corrected chi connectivity index (χ2v) is 6.22. The van der Waals surface area contributed by atoms with Gasteiger partial charge in [0.25, 0.3) is 0 Å². The van der Waals surface area contributed by atoms with Crippen molar-refractivity contribution in [1.82, 2.24) is 15.6 Å². The molecule has 8 heteroatoms. The Morgan fingerprint density at radius 3 is 3.08 bits per heavy atom. The molecule has 0 aliphatic carbocycles. The first-order valence-electron chi connectivity index (χ1n) is 9.16. The molecule has 1 aliphatic heterocycles. The molecular formula is C18H30N6O2. The van der Waals surface area contributed by atoms with E-state index in [0.29, 0.717) is 38.8 Å². The topological polar surface area (TPSA) is 105 Å². The number of anilines is 1. The molecule has 1 unspecified atom stereocenters. The lowest BCUT2D eigenvalue weighted by Crippen LogP contribution is -2.42. The number of nitrogens with two attached hydrogens (primary N) is 1. The van der Waals surface area contributed by atoms with E-state index in [-0.39, 0.29) is 11.8 Å². The molecule has 1 saturated heterocycles. The molecule has 4 N–H and O–H groups in total. The number of primary amides is 1. The smallest absolute Gasteiger partial charge is 0.222 e. The average Bonchev–Trinajstić information content (AvgIpc) is 2.68. The van der Waals surface area contributed by atoms with Crippen LogP contribution in [0.3, 0.4) is 0 Å². The highest BCUT2D eigenvalue weighted by Crippen LogP contribution is 2.24. The van der Waals surface area contributed by atoms with Crippen molar-refractivity contribution in [3.05, 3.63) is 23.9 Å². The number of hydrogen-bond donors (Lipinski definition) is 3. The number of nitrogens with one attached hydrogen (secondary N) is 2. The molecule has 1 aromatic rings. The number of hydrogen-bond acceptors (Lipinski definition) is 5. The van der Waals surface area contributed by atoms with Crippen LogP contribution >= 0.6 is 0 Å². The molecule has 26 heavy (non-hydrogen) atoms. The second kappa shape index (κ2) is 10.6. The normalized spacial score (nSPS) is 17.8. The lowest BCUT2D eigenvalue weighted by molar-refractivity contribution is -0.122. The summed E-state index contributed by atoms with van der Waals surface area (Å²) in [5.74, 6) is 1.27. The lowest BCUT2D eigenvalue weighted by Gasteiger charge is -2.33. The van der Waals surface area contributed by atoms with E-state index in [9.17, 15) is 4.79 Å². The quantitative estimate of drug-likeness (QED) is 0.353. The van der Waals surface area contributed by atoms with Crippen LogP contribution in [0.15, 0.2) is 23.3 Å². The van der Waals surface area contributed by atoms with E-state index >= 15 is 0 Å². The highest BCUT2D eigenvalue weighted by Gasteiger charge is 2.25. The zero-order valence-electron chi connectivity index (χ0n) is 15.7. The standard InChI is InChI=1S/C18H30N6O2/c1-3-26-11-9-22-18(20-2)23-12-14-6-4-8-21-17(14)24-10-5-7-15(13-24)16(19)25/h4,6,8,15H,3,5,7,9-13H2,1-2H3,(H2,19,25)(H2,20,22,23). The molecule has 144 valence electrons. The molecule has 0 bridgehead atoms. The number of pyridine rings is 1. The fourth-order valence-corrected chi connectivity index (χ4v) is 3.04. The van der Waals surface area contributed by atoms with Gasteiger partial charge in [0.15, 0.2) is 5.96 Å². The summed E-state index contributed by atoms with van der Waals surface area (Å²) in [7, 11) is 1.74. The molecule has 0 spiro atoms. The van der Waals surface area contributed by atoms with Crippen LogP contribution in [-0.4, -0.2) is 56.7 Å². The van der Waals surface area contributed by atoms with Gasteiger partial charge in [0.2, 0.25) is 5.91 Å². The van der Waals surface area contributed by atoms with Crippen molar-refractivity contribution in [2.24, 2.45) is 16.6 Å². The van der Waals surface area contributed by atoms with Gasteiger partial charge >= 0.3 is 0 Å². The highest BCUT2D eigenvalue weighted by atomic mass is 16.5. The van der Waals surface area contributed by atoms with Gasteiger partial charge in [-0.3, -0.25) is 9.79 Å². The molecule has 1 amide bonds. The van der Waals surface area contributed by atoms with Crippen molar-refractivity contribution in [1.29, 1.82) is 0 Å². The van der Waals surface area contributed by atoms with Crippen LogP contribution in [0.5, 0.6) is 0 Å². The summed E-state index contributed by atoms with van der Waals surface area (Å²) in [6.07, 6.45) is 3.57. The number of amides is 1. The summed E-state index contributed by atoms with van der Waals surface area (Å²) in [5.41, 5.74) is 6.56. The summed E-state index contributed by atoms with van der Waals surface area (Å²) in [6, 6.07) is 3.96. The third kappa shape index (κ3) is 5.87. The number of piperidine rings is 1. The minimum absolute atomic E-state index is 0.112. The fourth-order valence-electron chi connectivity index (χ4n) is 3.04. The van der Waals surface area contributed by atoms with Crippen LogP contribution in [0.25, 0.3) is 0 Å². The zero-order chi connectivity index (χ0) is 18.8. The third-order valence-electron chi connectivity index (χ3n) is 4.40. The number of aromatic nitrogens is 1. The number of carbonyl (C=O) groups excluding carboxylic acids is 1. The molecule has 2 rings (SSSR count). The van der Waals surface area contributed by atoms with E-state index in [1.165, 1.54) is 0 Å². The number of rotatable bonds is 8. The Hall–Kier alpha value is -2.35. The summed E-state index contributed by atoms with van der Waals surface area (Å²) < 4.78 is 5.32. The first-order valence-corrected chi connectivity index (χ1v) is 9.16. The fraction of sp³-hybridized carbons (Fsp3) is 0.611. The summed E-state index contributed by atoms with van der Waals surface area (Å²) >= 11 is 0. The molecule has 1 fully saturated rings. The summed E-state index contributed by atoms with van der Waals surface area (Å²) in [6.45, 7) is 6.11. The third-order valence-corrected chi connectivity index (χ3v) is 4.40. The van der Waals surface area contributed by atoms with Gasteiger partial charge in [-0.2, -0.15) is 0 Å². The minimum Gasteiger partial charge on any atom is -0.380 e. The van der Waals surface area contributed by atoms with E-state index in [0.717, 1.165) is 30.8 Å². The van der Waals surface area contributed by atoms with Crippen LogP contribution in [0.4, 0.5) is 5.82 Å². The van der Waals surface area contributed by atoms with Gasteiger partial charge in [0.05, 0.1) is 12.5 Å². The Balaban J connectivity index is 1.96. The monoisotopic (exact) mass is 362 g/mol. The number of ether oxygens (including phenoxy) is 1. The average molecular weight is 362 g/mol. The second-order valence-electron chi connectivity index (χ2n) is 6.22. The molecule has 1 atom stereocenters. The Morgan fingerprint density at radius 2 is 2.35 bits per heavy atom. The van der Waals surface area contributed by atoms with Crippen molar-refractivity contribution in [2.45, 2.75) is 26.3 Å². The molecule has 0 aromatic carbocycles. The van der Waals surface area contributed by atoms with E-state index in [2.05, 4.69) is 25.5 Å². The van der Waals surface area contributed by atoms with Crippen LogP contribution in [0.2, 0.25) is 0 Å². The van der Waals surface area contributed by atoms with Crippen LogP contribution in [-0.2, 0) is 16.1 Å². The Morgan fingerprint density at radius 1 is 1.50 bits per heavy atom. The predicted octanol–water partition coefficient (Wildman–Crippen LogP) is 0.485. The number of carbonyl (C=O) groups is 1.